The monoisotopic (exact) mass is 274 g/mol. The van der Waals surface area contributed by atoms with Gasteiger partial charge in [0.05, 0.1) is 0 Å². The van der Waals surface area contributed by atoms with E-state index in [9.17, 15) is 4.79 Å². The van der Waals surface area contributed by atoms with Crippen LogP contribution in [-0.4, -0.2) is 19.0 Å². The molecule has 1 fully saturated rings. The lowest BCUT2D eigenvalue weighted by atomic mass is 9.74. The van der Waals surface area contributed by atoms with Crippen molar-refractivity contribution in [2.75, 3.05) is 13.1 Å². The van der Waals surface area contributed by atoms with Crippen LogP contribution in [0.25, 0.3) is 0 Å². The summed E-state index contributed by atoms with van der Waals surface area (Å²) in [6, 6.07) is 5.86. The topological polar surface area (TPSA) is 55.1 Å². The maximum atomic E-state index is 12.3. The summed E-state index contributed by atoms with van der Waals surface area (Å²) in [6.07, 6.45) is 6.04. The molecular formula is C17H26N2O. The highest BCUT2D eigenvalue weighted by atomic mass is 16.1. The maximum Gasteiger partial charge on any atom is 0.251 e. The molecule has 3 nitrogen and oxygen atoms in total. The summed E-state index contributed by atoms with van der Waals surface area (Å²) in [5, 5.41) is 3.09. The first-order valence-corrected chi connectivity index (χ1v) is 7.62. The Morgan fingerprint density at radius 3 is 2.50 bits per heavy atom. The van der Waals surface area contributed by atoms with Gasteiger partial charge >= 0.3 is 0 Å². The van der Waals surface area contributed by atoms with Crippen LogP contribution in [0.3, 0.4) is 0 Å². The van der Waals surface area contributed by atoms with Crippen LogP contribution >= 0.6 is 0 Å². The van der Waals surface area contributed by atoms with Crippen molar-refractivity contribution in [2.45, 2.75) is 46.0 Å². The van der Waals surface area contributed by atoms with E-state index in [1.165, 1.54) is 24.8 Å². The summed E-state index contributed by atoms with van der Waals surface area (Å²) in [7, 11) is 0. The number of benzene rings is 1. The third-order valence-corrected chi connectivity index (χ3v) is 4.74. The molecule has 1 amide bonds. The number of aryl methyl sites for hydroxylation is 2. The molecule has 1 aromatic carbocycles. The van der Waals surface area contributed by atoms with E-state index in [-0.39, 0.29) is 11.3 Å². The van der Waals surface area contributed by atoms with Gasteiger partial charge in [-0.1, -0.05) is 25.3 Å². The highest BCUT2D eigenvalue weighted by molar-refractivity contribution is 5.94. The lowest BCUT2D eigenvalue weighted by Crippen LogP contribution is -2.43. The van der Waals surface area contributed by atoms with Crippen LogP contribution in [0.4, 0.5) is 0 Å². The average Bonchev–Trinajstić information content (AvgIpc) is 2.48. The smallest absolute Gasteiger partial charge is 0.251 e. The highest BCUT2D eigenvalue weighted by Crippen LogP contribution is 2.34. The Labute approximate surface area is 121 Å². The van der Waals surface area contributed by atoms with E-state index in [0.29, 0.717) is 13.1 Å². The molecule has 0 radical (unpaired) electrons. The molecule has 0 aliphatic heterocycles. The minimum atomic E-state index is 0.0199. The molecule has 0 aromatic heterocycles. The van der Waals surface area contributed by atoms with E-state index in [4.69, 9.17) is 5.73 Å². The first kappa shape index (κ1) is 15.0. The third-order valence-electron chi connectivity index (χ3n) is 4.74. The minimum absolute atomic E-state index is 0.0199. The Hall–Kier alpha value is -1.35. The summed E-state index contributed by atoms with van der Waals surface area (Å²) < 4.78 is 0. The van der Waals surface area contributed by atoms with E-state index < -0.39 is 0 Å². The van der Waals surface area contributed by atoms with Crippen molar-refractivity contribution in [3.63, 3.8) is 0 Å². The molecule has 1 aromatic rings. The third kappa shape index (κ3) is 3.40. The van der Waals surface area contributed by atoms with Gasteiger partial charge in [0.25, 0.3) is 5.91 Å². The predicted molar refractivity (Wildman–Crippen MR) is 82.8 cm³/mol. The SMILES string of the molecule is Cc1ccc(C(=O)NCC2(CN)CCCCC2)cc1C. The zero-order valence-electron chi connectivity index (χ0n) is 12.7. The van der Waals surface area contributed by atoms with E-state index in [2.05, 4.69) is 12.2 Å². The molecule has 1 aliphatic carbocycles. The Kier molecular flexibility index (Phi) is 4.81. The molecule has 1 saturated carbocycles. The second-order valence-electron chi connectivity index (χ2n) is 6.25. The number of amides is 1. The van der Waals surface area contributed by atoms with Crippen LogP contribution < -0.4 is 11.1 Å². The maximum absolute atomic E-state index is 12.3. The van der Waals surface area contributed by atoms with Crippen LogP contribution in [-0.2, 0) is 0 Å². The van der Waals surface area contributed by atoms with E-state index in [1.807, 2.05) is 25.1 Å². The summed E-state index contributed by atoms with van der Waals surface area (Å²) in [6.45, 7) is 5.46. The molecule has 110 valence electrons. The molecule has 0 spiro atoms. The second kappa shape index (κ2) is 6.40. The molecule has 0 atom stereocenters. The Morgan fingerprint density at radius 1 is 1.20 bits per heavy atom. The number of nitrogens with one attached hydrogen (secondary N) is 1. The van der Waals surface area contributed by atoms with Crippen molar-refractivity contribution >= 4 is 5.91 Å². The summed E-state index contributed by atoms with van der Waals surface area (Å²) in [5.74, 6) is 0.0199. The van der Waals surface area contributed by atoms with Crippen LogP contribution in [0.1, 0.15) is 53.6 Å². The van der Waals surface area contributed by atoms with Gasteiger partial charge in [0.15, 0.2) is 0 Å². The molecule has 20 heavy (non-hydrogen) atoms. The molecule has 3 heteroatoms. The summed E-state index contributed by atoms with van der Waals surface area (Å²) in [5.41, 5.74) is 9.19. The largest absolute Gasteiger partial charge is 0.351 e. The Bertz CT molecular complexity index is 476. The molecule has 2 rings (SSSR count). The molecule has 1 aliphatic rings. The highest BCUT2D eigenvalue weighted by Gasteiger charge is 2.30. The van der Waals surface area contributed by atoms with Crippen molar-refractivity contribution in [2.24, 2.45) is 11.1 Å². The summed E-state index contributed by atoms with van der Waals surface area (Å²) in [4.78, 5) is 12.3. The average molecular weight is 274 g/mol. The van der Waals surface area contributed by atoms with Crippen LogP contribution in [0.15, 0.2) is 18.2 Å². The minimum Gasteiger partial charge on any atom is -0.351 e. The number of hydrogen-bond acceptors (Lipinski definition) is 2. The van der Waals surface area contributed by atoms with Crippen LogP contribution in [0.5, 0.6) is 0 Å². The lowest BCUT2D eigenvalue weighted by molar-refractivity contribution is 0.0914. The van der Waals surface area contributed by atoms with Gasteiger partial charge in [0.1, 0.15) is 0 Å². The van der Waals surface area contributed by atoms with Crippen LogP contribution in [0.2, 0.25) is 0 Å². The first-order chi connectivity index (χ1) is 9.56. The fourth-order valence-electron chi connectivity index (χ4n) is 3.01. The number of hydrogen-bond donors (Lipinski definition) is 2. The van der Waals surface area contributed by atoms with Gasteiger partial charge in [0, 0.05) is 12.1 Å². The number of carbonyl (C=O) groups excluding carboxylic acids is 1. The molecule has 0 saturated heterocycles. The van der Waals surface area contributed by atoms with Crippen molar-refractivity contribution in [1.29, 1.82) is 0 Å². The van der Waals surface area contributed by atoms with Gasteiger partial charge in [-0.3, -0.25) is 4.79 Å². The predicted octanol–water partition coefficient (Wildman–Crippen LogP) is 2.94. The fourth-order valence-corrected chi connectivity index (χ4v) is 3.01. The summed E-state index contributed by atoms with van der Waals surface area (Å²) >= 11 is 0. The van der Waals surface area contributed by atoms with E-state index >= 15 is 0 Å². The van der Waals surface area contributed by atoms with Crippen molar-refractivity contribution < 1.29 is 4.79 Å². The van der Waals surface area contributed by atoms with Gasteiger partial charge < -0.3 is 11.1 Å². The van der Waals surface area contributed by atoms with Gasteiger partial charge in [-0.25, -0.2) is 0 Å². The van der Waals surface area contributed by atoms with Crippen LogP contribution in [0, 0.1) is 19.3 Å². The Morgan fingerprint density at radius 2 is 1.90 bits per heavy atom. The van der Waals surface area contributed by atoms with E-state index in [1.54, 1.807) is 0 Å². The molecule has 0 unspecified atom stereocenters. The lowest BCUT2D eigenvalue weighted by Gasteiger charge is -2.36. The zero-order valence-corrected chi connectivity index (χ0v) is 12.7. The first-order valence-electron chi connectivity index (χ1n) is 7.62. The van der Waals surface area contributed by atoms with Crippen molar-refractivity contribution in [3.8, 4) is 0 Å². The number of nitrogens with two attached hydrogens (primary N) is 1. The fraction of sp³-hybridized carbons (Fsp3) is 0.588. The molecule has 0 heterocycles. The number of carbonyl (C=O) groups is 1. The standard InChI is InChI=1S/C17H26N2O/c1-13-6-7-15(10-14(13)2)16(20)19-12-17(11-18)8-4-3-5-9-17/h6-7,10H,3-5,8-9,11-12,18H2,1-2H3,(H,19,20). The van der Waals surface area contributed by atoms with Gasteiger partial charge in [-0.2, -0.15) is 0 Å². The normalized spacial score (nSPS) is 17.8. The quantitative estimate of drug-likeness (QED) is 0.887. The molecular weight excluding hydrogens is 248 g/mol. The van der Waals surface area contributed by atoms with Gasteiger partial charge in [-0.05, 0) is 61.9 Å². The van der Waals surface area contributed by atoms with E-state index in [0.717, 1.165) is 24.0 Å². The van der Waals surface area contributed by atoms with Crippen molar-refractivity contribution in [3.05, 3.63) is 34.9 Å². The zero-order chi connectivity index (χ0) is 14.6. The van der Waals surface area contributed by atoms with Gasteiger partial charge in [0.2, 0.25) is 0 Å². The molecule has 0 bridgehead atoms. The van der Waals surface area contributed by atoms with Crippen molar-refractivity contribution in [1.82, 2.24) is 5.32 Å². The Balaban J connectivity index is 1.98. The second-order valence-corrected chi connectivity index (χ2v) is 6.25. The number of rotatable bonds is 4. The van der Waals surface area contributed by atoms with Gasteiger partial charge in [-0.15, -0.1) is 0 Å². The molecule has 3 N–H and O–H groups in total.